The maximum atomic E-state index is 12.0. The normalized spacial score (nSPS) is 12.1. The number of hydrogen-bond acceptors (Lipinski definition) is 6. The average Bonchev–Trinajstić information content (AvgIpc) is 2.86. The smallest absolute Gasteiger partial charge is 0.228 e. The predicted molar refractivity (Wildman–Crippen MR) is 85.1 cm³/mol. The summed E-state index contributed by atoms with van der Waals surface area (Å²) in [6.45, 7) is 0. The first-order valence-electron chi connectivity index (χ1n) is 5.97. The maximum Gasteiger partial charge on any atom is 0.228 e. The van der Waals surface area contributed by atoms with Crippen molar-refractivity contribution < 1.29 is 9.00 Å². The summed E-state index contributed by atoms with van der Waals surface area (Å²) in [4.78, 5) is 25.6. The molecule has 2 rings (SSSR count). The summed E-state index contributed by atoms with van der Waals surface area (Å²) in [5, 5.41) is 1.46. The van der Waals surface area contributed by atoms with Gasteiger partial charge in [-0.2, -0.15) is 0 Å². The first kappa shape index (κ1) is 16.0. The Morgan fingerprint density at radius 3 is 2.71 bits per heavy atom. The van der Waals surface area contributed by atoms with E-state index in [0.29, 0.717) is 15.8 Å². The van der Waals surface area contributed by atoms with Crippen molar-refractivity contribution in [3.05, 3.63) is 23.9 Å². The molecule has 0 aromatic carbocycles. The molecule has 1 atom stereocenters. The first-order valence-corrected chi connectivity index (χ1v) is 8.89. The molecule has 9 heteroatoms. The van der Waals surface area contributed by atoms with E-state index in [1.54, 1.807) is 25.7 Å². The van der Waals surface area contributed by atoms with Gasteiger partial charge in [0.15, 0.2) is 5.15 Å². The van der Waals surface area contributed by atoms with Gasteiger partial charge in [0.05, 0.1) is 0 Å². The van der Waals surface area contributed by atoms with Gasteiger partial charge in [0.2, 0.25) is 5.91 Å². The van der Waals surface area contributed by atoms with Gasteiger partial charge in [-0.15, -0.1) is 0 Å². The summed E-state index contributed by atoms with van der Waals surface area (Å²) >= 11 is 7.39. The second-order valence-corrected chi connectivity index (χ2v) is 7.11. The fourth-order valence-electron chi connectivity index (χ4n) is 1.55. The molecule has 0 bridgehead atoms. The Morgan fingerprint density at radius 2 is 2.10 bits per heavy atom. The summed E-state index contributed by atoms with van der Waals surface area (Å²) in [6.07, 6.45) is 6.47. The van der Waals surface area contributed by atoms with Crippen molar-refractivity contribution in [2.24, 2.45) is 0 Å². The van der Waals surface area contributed by atoms with Gasteiger partial charge >= 0.3 is 0 Å². The van der Waals surface area contributed by atoms with E-state index in [9.17, 15) is 9.00 Å². The van der Waals surface area contributed by atoms with Crippen molar-refractivity contribution in [3.8, 4) is 10.6 Å². The van der Waals surface area contributed by atoms with Crippen LogP contribution in [-0.4, -0.2) is 44.1 Å². The zero-order valence-electron chi connectivity index (χ0n) is 11.4. The largest absolute Gasteiger partial charge is 0.304 e. The lowest BCUT2D eigenvalue weighted by molar-refractivity contribution is -0.117. The molecule has 0 N–H and O–H groups in total. The van der Waals surface area contributed by atoms with Crippen LogP contribution in [0.25, 0.3) is 10.6 Å². The molecule has 2 aromatic rings. The van der Waals surface area contributed by atoms with Crippen molar-refractivity contribution in [2.75, 3.05) is 24.0 Å². The van der Waals surface area contributed by atoms with Crippen LogP contribution in [-0.2, 0) is 15.6 Å². The number of amides is 1. The summed E-state index contributed by atoms with van der Waals surface area (Å²) in [5.41, 5.74) is 0.742. The SMILES string of the molecule is CN(C(=O)CC[S@@](C)=O)c1sc(-c2cncnc2)nc1Cl. The van der Waals surface area contributed by atoms with Crippen LogP contribution in [0.5, 0.6) is 0 Å². The highest BCUT2D eigenvalue weighted by Gasteiger charge is 2.19. The summed E-state index contributed by atoms with van der Waals surface area (Å²) < 4.78 is 11.1. The van der Waals surface area contributed by atoms with Crippen LogP contribution in [0.15, 0.2) is 18.7 Å². The monoisotopic (exact) mass is 344 g/mol. The van der Waals surface area contributed by atoms with Gasteiger partial charge in [0, 0.05) is 54.2 Å². The number of aromatic nitrogens is 3. The van der Waals surface area contributed by atoms with Crippen molar-refractivity contribution in [3.63, 3.8) is 0 Å². The van der Waals surface area contributed by atoms with Gasteiger partial charge in [0.1, 0.15) is 16.3 Å². The molecule has 0 saturated carbocycles. The number of thiazole rings is 1. The van der Waals surface area contributed by atoms with Gasteiger partial charge in [-0.1, -0.05) is 22.9 Å². The molecule has 0 unspecified atom stereocenters. The summed E-state index contributed by atoms with van der Waals surface area (Å²) in [7, 11) is 0.632. The van der Waals surface area contributed by atoms with E-state index in [4.69, 9.17) is 11.6 Å². The van der Waals surface area contributed by atoms with Crippen LogP contribution < -0.4 is 4.90 Å². The van der Waals surface area contributed by atoms with Gasteiger partial charge in [-0.3, -0.25) is 9.00 Å². The number of anilines is 1. The zero-order valence-corrected chi connectivity index (χ0v) is 13.8. The minimum Gasteiger partial charge on any atom is -0.304 e. The molecule has 2 aromatic heterocycles. The third kappa shape index (κ3) is 4.05. The molecule has 2 heterocycles. The Morgan fingerprint density at radius 1 is 1.43 bits per heavy atom. The third-order valence-corrected chi connectivity index (χ3v) is 4.99. The topological polar surface area (TPSA) is 76.1 Å². The number of nitrogens with zero attached hydrogens (tertiary/aromatic N) is 4. The maximum absolute atomic E-state index is 12.0. The molecule has 0 aliphatic carbocycles. The quantitative estimate of drug-likeness (QED) is 0.829. The zero-order chi connectivity index (χ0) is 15.4. The highest BCUT2D eigenvalue weighted by molar-refractivity contribution is 7.84. The number of carbonyl (C=O) groups excluding carboxylic acids is 1. The number of halogens is 1. The Labute approximate surface area is 133 Å². The lowest BCUT2D eigenvalue weighted by Crippen LogP contribution is -2.26. The molecular weight excluding hydrogens is 332 g/mol. The van der Waals surface area contributed by atoms with Crippen LogP contribution >= 0.6 is 22.9 Å². The summed E-state index contributed by atoms with van der Waals surface area (Å²) in [5.74, 6) is 0.186. The van der Waals surface area contributed by atoms with E-state index in [0.717, 1.165) is 5.56 Å². The van der Waals surface area contributed by atoms with Gasteiger partial charge in [0.25, 0.3) is 0 Å². The highest BCUT2D eigenvalue weighted by Crippen LogP contribution is 2.36. The van der Waals surface area contributed by atoms with E-state index in [1.165, 1.54) is 22.6 Å². The van der Waals surface area contributed by atoms with Crippen LogP contribution in [0.1, 0.15) is 6.42 Å². The minimum absolute atomic E-state index is 0.147. The van der Waals surface area contributed by atoms with Crippen molar-refractivity contribution in [1.29, 1.82) is 0 Å². The molecule has 21 heavy (non-hydrogen) atoms. The van der Waals surface area contributed by atoms with Crippen LogP contribution in [0, 0.1) is 0 Å². The molecular formula is C12H13ClN4O2S2. The Balaban J connectivity index is 2.19. The molecule has 0 radical (unpaired) electrons. The first-order chi connectivity index (χ1) is 9.99. The Hall–Kier alpha value is -1.38. The molecule has 0 aliphatic heterocycles. The van der Waals surface area contributed by atoms with Crippen molar-refractivity contribution in [2.45, 2.75) is 6.42 Å². The number of rotatable bonds is 5. The minimum atomic E-state index is -0.998. The number of hydrogen-bond donors (Lipinski definition) is 0. The van der Waals surface area contributed by atoms with Gasteiger partial charge < -0.3 is 4.90 Å². The predicted octanol–water partition coefficient (Wildman–Crippen LogP) is 1.98. The molecule has 112 valence electrons. The molecule has 6 nitrogen and oxygen atoms in total. The fraction of sp³-hybridized carbons (Fsp3) is 0.333. The standard InChI is InChI=1S/C12H13ClN4O2S2/c1-17(9(18)3-4-21(2)19)12-10(13)16-11(20-12)8-5-14-7-15-6-8/h5-7H,3-4H2,1-2H3/t21-/m1/s1. The van der Waals surface area contributed by atoms with E-state index in [1.807, 2.05) is 0 Å². The lowest BCUT2D eigenvalue weighted by atomic mass is 10.4. The van der Waals surface area contributed by atoms with Crippen LogP contribution in [0.4, 0.5) is 5.00 Å². The fourth-order valence-corrected chi connectivity index (χ4v) is 3.30. The molecule has 0 saturated heterocycles. The highest BCUT2D eigenvalue weighted by atomic mass is 35.5. The molecule has 0 fully saturated rings. The molecule has 0 aliphatic rings. The second kappa shape index (κ2) is 7.06. The Kier molecular flexibility index (Phi) is 5.38. The molecule has 1 amide bonds. The average molecular weight is 345 g/mol. The number of carbonyl (C=O) groups is 1. The van der Waals surface area contributed by atoms with Crippen LogP contribution in [0.2, 0.25) is 5.15 Å². The van der Waals surface area contributed by atoms with E-state index < -0.39 is 10.8 Å². The summed E-state index contributed by atoms with van der Waals surface area (Å²) in [6, 6.07) is 0. The van der Waals surface area contributed by atoms with Gasteiger partial charge in [-0.05, 0) is 0 Å². The molecule has 0 spiro atoms. The van der Waals surface area contributed by atoms with Gasteiger partial charge in [-0.25, -0.2) is 15.0 Å². The third-order valence-electron chi connectivity index (χ3n) is 2.66. The van der Waals surface area contributed by atoms with Crippen molar-refractivity contribution in [1.82, 2.24) is 15.0 Å². The van der Waals surface area contributed by atoms with Crippen LogP contribution in [0.3, 0.4) is 0 Å². The van der Waals surface area contributed by atoms with Crippen molar-refractivity contribution >= 4 is 44.6 Å². The van der Waals surface area contributed by atoms with E-state index >= 15 is 0 Å². The Bertz CT molecular complexity index is 663. The van der Waals surface area contributed by atoms with E-state index in [2.05, 4.69) is 15.0 Å². The second-order valence-electron chi connectivity index (χ2n) is 4.22. The van der Waals surface area contributed by atoms with E-state index in [-0.39, 0.29) is 17.5 Å². The lowest BCUT2D eigenvalue weighted by Gasteiger charge is -2.14.